The van der Waals surface area contributed by atoms with Crippen molar-refractivity contribution < 1.29 is 4.79 Å². The third kappa shape index (κ3) is 8.90. The molecule has 2 unspecified atom stereocenters. The molecule has 2 atom stereocenters. The Morgan fingerprint density at radius 2 is 1.76 bits per heavy atom. The lowest BCUT2D eigenvalue weighted by Gasteiger charge is -2.35. The van der Waals surface area contributed by atoms with Crippen LogP contribution in [0.4, 0.5) is 0 Å². The lowest BCUT2D eigenvalue weighted by Crippen LogP contribution is -2.42. The van der Waals surface area contributed by atoms with Crippen molar-refractivity contribution in [3.8, 4) is 0 Å². The summed E-state index contributed by atoms with van der Waals surface area (Å²) in [6.07, 6.45) is 1.33. The monoisotopic (exact) mass is 515 g/mol. The molecule has 1 aliphatic heterocycles. The molecule has 1 amide bonds. The van der Waals surface area contributed by atoms with Gasteiger partial charge >= 0.3 is 0 Å². The maximum absolute atomic E-state index is 11.8. The number of benzene rings is 1. The maximum Gasteiger partial charge on any atom is 0.241 e. The molecule has 0 aliphatic carbocycles. The molecule has 164 valence electrons. The summed E-state index contributed by atoms with van der Waals surface area (Å²) in [6, 6.07) is 8.55. The minimum atomic E-state index is 0. The molecule has 0 saturated carbocycles. The largest absolute Gasteiger partial charge is 0.357 e. The molecule has 2 N–H and O–H groups in total. The molecule has 0 bridgehead atoms. The van der Waals surface area contributed by atoms with Crippen molar-refractivity contribution in [2.24, 2.45) is 16.8 Å². The molecule has 2 rings (SSSR count). The van der Waals surface area contributed by atoms with Gasteiger partial charge in [0, 0.05) is 40.3 Å². The summed E-state index contributed by atoms with van der Waals surface area (Å²) in [5, 5.41) is 6.34. The van der Waals surface area contributed by atoms with Crippen molar-refractivity contribution in [1.29, 1.82) is 0 Å². The molecule has 1 aliphatic rings. The Hall–Kier alpha value is -1.35. The third-order valence-electron chi connectivity index (χ3n) is 5.11. The number of carbonyl (C=O) groups is 1. The van der Waals surface area contributed by atoms with Crippen molar-refractivity contribution in [3.63, 3.8) is 0 Å². The first-order valence-corrected chi connectivity index (χ1v) is 10.4. The van der Waals surface area contributed by atoms with Crippen molar-refractivity contribution in [2.45, 2.75) is 40.3 Å². The molecule has 1 saturated heterocycles. The number of guanidine groups is 1. The molecule has 1 heterocycles. The van der Waals surface area contributed by atoms with Gasteiger partial charge in [-0.3, -0.25) is 9.69 Å². The molecular weight excluding hydrogens is 477 g/mol. The van der Waals surface area contributed by atoms with Gasteiger partial charge in [0.25, 0.3) is 0 Å². The highest BCUT2D eigenvalue weighted by molar-refractivity contribution is 14.0. The fourth-order valence-corrected chi connectivity index (χ4v) is 3.85. The van der Waals surface area contributed by atoms with Gasteiger partial charge in [0.15, 0.2) is 5.96 Å². The number of hydrogen-bond acceptors (Lipinski definition) is 3. The summed E-state index contributed by atoms with van der Waals surface area (Å²) < 4.78 is 0. The number of hydrogen-bond donors (Lipinski definition) is 2. The van der Waals surface area contributed by atoms with Crippen LogP contribution < -0.4 is 10.6 Å². The van der Waals surface area contributed by atoms with Crippen LogP contribution in [0, 0.1) is 11.8 Å². The number of nitrogens with one attached hydrogen (secondary N) is 2. The summed E-state index contributed by atoms with van der Waals surface area (Å²) in [5.74, 6) is 2.22. The third-order valence-corrected chi connectivity index (χ3v) is 5.11. The number of likely N-dealkylation sites (N-methyl/N-ethyl adjacent to an activating group) is 1. The fraction of sp³-hybridized carbons (Fsp3) is 0.636. The van der Waals surface area contributed by atoms with E-state index >= 15 is 0 Å². The molecule has 7 heteroatoms. The standard InChI is InChI=1S/C22H37N5O.HI/c1-6-23-22(25-13-21(28)26(4)5)24-12-19-9-7-8-10-20(19)16-27-14-17(2)11-18(3)15-27;/h7-10,17-18H,6,11-16H2,1-5H3,(H2,23,24,25);1H. The van der Waals surface area contributed by atoms with Crippen LogP contribution >= 0.6 is 24.0 Å². The van der Waals surface area contributed by atoms with E-state index in [9.17, 15) is 4.79 Å². The second kappa shape index (κ2) is 13.1. The second-order valence-electron chi connectivity index (χ2n) is 8.25. The van der Waals surface area contributed by atoms with Crippen LogP contribution in [0.1, 0.15) is 38.3 Å². The predicted octanol–water partition coefficient (Wildman–Crippen LogP) is 2.93. The van der Waals surface area contributed by atoms with Gasteiger partial charge in [0.2, 0.25) is 5.91 Å². The Labute approximate surface area is 193 Å². The number of rotatable bonds is 7. The average molecular weight is 515 g/mol. The molecule has 0 aromatic heterocycles. The number of piperidine rings is 1. The van der Waals surface area contributed by atoms with Crippen molar-refractivity contribution >= 4 is 35.8 Å². The van der Waals surface area contributed by atoms with Gasteiger partial charge in [0.1, 0.15) is 0 Å². The number of aliphatic imine (C=N–C) groups is 1. The quantitative estimate of drug-likeness (QED) is 0.333. The van der Waals surface area contributed by atoms with Gasteiger partial charge in [-0.1, -0.05) is 38.1 Å². The van der Waals surface area contributed by atoms with Crippen LogP contribution in [0.5, 0.6) is 0 Å². The zero-order chi connectivity index (χ0) is 20.5. The predicted molar refractivity (Wildman–Crippen MR) is 132 cm³/mol. The Balaban J connectivity index is 0.00000420. The van der Waals surface area contributed by atoms with E-state index in [1.165, 1.54) is 30.6 Å². The van der Waals surface area contributed by atoms with Gasteiger partial charge in [-0.15, -0.1) is 24.0 Å². The van der Waals surface area contributed by atoms with Crippen LogP contribution in [-0.4, -0.2) is 61.9 Å². The van der Waals surface area contributed by atoms with E-state index in [0.29, 0.717) is 12.5 Å². The molecule has 29 heavy (non-hydrogen) atoms. The zero-order valence-electron chi connectivity index (χ0n) is 18.6. The van der Waals surface area contributed by atoms with Gasteiger partial charge in [-0.25, -0.2) is 4.99 Å². The van der Waals surface area contributed by atoms with Crippen molar-refractivity contribution in [3.05, 3.63) is 35.4 Å². The molecular formula is C22H38IN5O. The van der Waals surface area contributed by atoms with Crippen molar-refractivity contribution in [1.82, 2.24) is 20.4 Å². The van der Waals surface area contributed by atoms with E-state index in [-0.39, 0.29) is 36.4 Å². The molecule has 6 nitrogen and oxygen atoms in total. The smallest absolute Gasteiger partial charge is 0.241 e. The molecule has 1 aromatic carbocycles. The topological polar surface area (TPSA) is 60.0 Å². The van der Waals surface area contributed by atoms with Crippen LogP contribution in [0.2, 0.25) is 0 Å². The fourth-order valence-electron chi connectivity index (χ4n) is 3.85. The Morgan fingerprint density at radius 3 is 2.34 bits per heavy atom. The van der Waals surface area contributed by atoms with Gasteiger partial charge in [-0.2, -0.15) is 0 Å². The Morgan fingerprint density at radius 1 is 1.14 bits per heavy atom. The molecule has 1 aromatic rings. The first-order valence-electron chi connectivity index (χ1n) is 10.4. The SMILES string of the molecule is CCNC(=NCc1ccccc1CN1CC(C)CC(C)C1)NCC(=O)N(C)C.I. The molecule has 0 radical (unpaired) electrons. The number of amides is 1. The molecule has 0 spiro atoms. The minimum Gasteiger partial charge on any atom is -0.357 e. The Bertz CT molecular complexity index is 654. The summed E-state index contributed by atoms with van der Waals surface area (Å²) in [6.45, 7) is 11.6. The summed E-state index contributed by atoms with van der Waals surface area (Å²) in [5.41, 5.74) is 2.58. The lowest BCUT2D eigenvalue weighted by molar-refractivity contribution is -0.127. The normalized spacial score (nSPS) is 20.0. The lowest BCUT2D eigenvalue weighted by atomic mass is 9.91. The molecule has 1 fully saturated rings. The highest BCUT2D eigenvalue weighted by atomic mass is 127. The first-order chi connectivity index (χ1) is 13.4. The number of likely N-dealkylation sites (tertiary alicyclic amines) is 1. The zero-order valence-corrected chi connectivity index (χ0v) is 20.9. The van der Waals surface area contributed by atoms with E-state index in [4.69, 9.17) is 4.99 Å². The minimum absolute atomic E-state index is 0. The highest BCUT2D eigenvalue weighted by Gasteiger charge is 2.22. The number of nitrogens with zero attached hydrogens (tertiary/aromatic N) is 3. The number of carbonyl (C=O) groups excluding carboxylic acids is 1. The van der Waals surface area contributed by atoms with Crippen molar-refractivity contribution in [2.75, 3.05) is 40.3 Å². The average Bonchev–Trinajstić information content (AvgIpc) is 2.63. The summed E-state index contributed by atoms with van der Waals surface area (Å²) in [7, 11) is 3.51. The van der Waals surface area contributed by atoms with Crippen LogP contribution in [0.3, 0.4) is 0 Å². The van der Waals surface area contributed by atoms with E-state index in [1.807, 2.05) is 6.92 Å². The van der Waals surface area contributed by atoms with Crippen LogP contribution in [0.25, 0.3) is 0 Å². The highest BCUT2D eigenvalue weighted by Crippen LogP contribution is 2.23. The van der Waals surface area contributed by atoms with Gasteiger partial charge < -0.3 is 15.5 Å². The van der Waals surface area contributed by atoms with E-state index in [0.717, 1.165) is 24.9 Å². The maximum atomic E-state index is 11.8. The Kier molecular flexibility index (Phi) is 11.6. The van der Waals surface area contributed by atoms with E-state index in [2.05, 4.69) is 53.6 Å². The van der Waals surface area contributed by atoms with E-state index < -0.39 is 0 Å². The van der Waals surface area contributed by atoms with Crippen LogP contribution in [0.15, 0.2) is 29.3 Å². The van der Waals surface area contributed by atoms with Crippen LogP contribution in [-0.2, 0) is 17.9 Å². The second-order valence-corrected chi connectivity index (χ2v) is 8.25. The number of halogens is 1. The first kappa shape index (κ1) is 25.7. The summed E-state index contributed by atoms with van der Waals surface area (Å²) in [4.78, 5) is 20.7. The van der Waals surface area contributed by atoms with E-state index in [1.54, 1.807) is 19.0 Å². The summed E-state index contributed by atoms with van der Waals surface area (Å²) >= 11 is 0. The van der Waals surface area contributed by atoms with Gasteiger partial charge in [0.05, 0.1) is 13.1 Å². The van der Waals surface area contributed by atoms with Gasteiger partial charge in [-0.05, 0) is 36.3 Å².